The third-order valence-electron chi connectivity index (χ3n) is 3.71. The zero-order valence-corrected chi connectivity index (χ0v) is 12.8. The third-order valence-corrected chi connectivity index (χ3v) is 4.38. The molecule has 1 saturated heterocycles. The Hall–Kier alpha value is -1.62. The summed E-state index contributed by atoms with van der Waals surface area (Å²) in [6.45, 7) is 6.58. The van der Waals surface area contributed by atoms with E-state index in [0.29, 0.717) is 0 Å². The normalized spacial score (nSPS) is 14.8. The van der Waals surface area contributed by atoms with Crippen LogP contribution in [0, 0.1) is 6.92 Å². The summed E-state index contributed by atoms with van der Waals surface area (Å²) in [4.78, 5) is 6.91. The average Bonchev–Trinajstić information content (AvgIpc) is 3.12. The van der Waals surface area contributed by atoms with Crippen LogP contribution in [0.2, 0.25) is 0 Å². The van der Waals surface area contributed by atoms with E-state index in [1.807, 2.05) is 0 Å². The van der Waals surface area contributed by atoms with Crippen molar-refractivity contribution in [3.05, 3.63) is 29.6 Å². The minimum atomic E-state index is 0.874. The lowest BCUT2D eigenvalue weighted by Gasteiger charge is -2.19. The zero-order chi connectivity index (χ0) is 13.9. The van der Waals surface area contributed by atoms with Crippen molar-refractivity contribution in [3.8, 4) is 0 Å². The molecule has 1 aliphatic rings. The molecule has 106 valence electrons. The van der Waals surface area contributed by atoms with Gasteiger partial charge in [0.05, 0.1) is 0 Å². The van der Waals surface area contributed by atoms with Crippen molar-refractivity contribution in [2.45, 2.75) is 33.1 Å². The Morgan fingerprint density at radius 2 is 2.10 bits per heavy atom. The summed E-state index contributed by atoms with van der Waals surface area (Å²) in [5.41, 5.74) is 3.70. The van der Waals surface area contributed by atoms with Crippen molar-refractivity contribution in [1.29, 1.82) is 0 Å². The summed E-state index contributed by atoms with van der Waals surface area (Å²) in [7, 11) is 0. The number of benzene rings is 1. The van der Waals surface area contributed by atoms with Gasteiger partial charge in [0.15, 0.2) is 0 Å². The van der Waals surface area contributed by atoms with Crippen molar-refractivity contribution in [1.82, 2.24) is 9.36 Å². The Bertz CT molecular complexity index is 587. The van der Waals surface area contributed by atoms with E-state index in [4.69, 9.17) is 0 Å². The van der Waals surface area contributed by atoms with Gasteiger partial charge in [0.25, 0.3) is 0 Å². The highest BCUT2D eigenvalue weighted by atomic mass is 32.1. The number of rotatable bonds is 4. The Labute approximate surface area is 124 Å². The second-order valence-corrected chi connectivity index (χ2v) is 5.94. The summed E-state index contributed by atoms with van der Waals surface area (Å²) in [6, 6.07) is 6.61. The number of nitrogens with one attached hydrogen (secondary N) is 1. The maximum absolute atomic E-state index is 4.45. The van der Waals surface area contributed by atoms with Gasteiger partial charge in [-0.1, -0.05) is 6.92 Å². The van der Waals surface area contributed by atoms with Crippen LogP contribution in [0.4, 0.5) is 16.5 Å². The van der Waals surface area contributed by atoms with Crippen molar-refractivity contribution >= 4 is 28.0 Å². The van der Waals surface area contributed by atoms with Crippen LogP contribution in [0.25, 0.3) is 0 Å². The third kappa shape index (κ3) is 2.77. The molecule has 0 spiro atoms. The summed E-state index contributed by atoms with van der Waals surface area (Å²) < 4.78 is 4.30. The van der Waals surface area contributed by atoms with Crippen LogP contribution < -0.4 is 10.2 Å². The van der Waals surface area contributed by atoms with E-state index < -0.39 is 0 Å². The van der Waals surface area contributed by atoms with E-state index in [-0.39, 0.29) is 0 Å². The molecule has 0 saturated carbocycles. The molecule has 4 nitrogen and oxygen atoms in total. The number of anilines is 3. The first-order valence-corrected chi connectivity index (χ1v) is 7.99. The molecule has 1 N–H and O–H groups in total. The summed E-state index contributed by atoms with van der Waals surface area (Å²) in [6.07, 6.45) is 3.50. The van der Waals surface area contributed by atoms with Crippen molar-refractivity contribution < 1.29 is 0 Å². The molecular weight excluding hydrogens is 268 g/mol. The lowest BCUT2D eigenvalue weighted by atomic mass is 10.1. The zero-order valence-electron chi connectivity index (χ0n) is 12.0. The SMILES string of the molecule is CCc1nsc(Nc2ccc(N3CCCC3)cc2C)n1. The lowest BCUT2D eigenvalue weighted by Crippen LogP contribution is -2.17. The van der Waals surface area contributed by atoms with Gasteiger partial charge in [0.1, 0.15) is 5.82 Å². The molecule has 1 aromatic heterocycles. The van der Waals surface area contributed by atoms with Crippen LogP contribution in [0.5, 0.6) is 0 Å². The minimum Gasteiger partial charge on any atom is -0.372 e. The summed E-state index contributed by atoms with van der Waals surface area (Å²) in [5.74, 6) is 0.906. The van der Waals surface area contributed by atoms with Gasteiger partial charge in [-0.3, -0.25) is 0 Å². The number of aryl methyl sites for hydroxylation is 2. The topological polar surface area (TPSA) is 41.1 Å². The number of hydrogen-bond acceptors (Lipinski definition) is 5. The smallest absolute Gasteiger partial charge is 0.207 e. The fourth-order valence-electron chi connectivity index (χ4n) is 2.52. The van der Waals surface area contributed by atoms with E-state index in [2.05, 4.69) is 51.6 Å². The highest BCUT2D eigenvalue weighted by Crippen LogP contribution is 2.28. The van der Waals surface area contributed by atoms with Gasteiger partial charge in [-0.25, -0.2) is 4.98 Å². The summed E-state index contributed by atoms with van der Waals surface area (Å²) in [5, 5.41) is 4.25. The van der Waals surface area contributed by atoms with Crippen molar-refractivity contribution in [3.63, 3.8) is 0 Å². The Morgan fingerprint density at radius 3 is 2.75 bits per heavy atom. The fraction of sp³-hybridized carbons (Fsp3) is 0.467. The Morgan fingerprint density at radius 1 is 1.30 bits per heavy atom. The van der Waals surface area contributed by atoms with Crippen LogP contribution in [-0.2, 0) is 6.42 Å². The van der Waals surface area contributed by atoms with Gasteiger partial charge in [-0.15, -0.1) is 0 Å². The monoisotopic (exact) mass is 288 g/mol. The highest BCUT2D eigenvalue weighted by molar-refractivity contribution is 7.09. The van der Waals surface area contributed by atoms with Gasteiger partial charge in [-0.05, 0) is 43.5 Å². The molecular formula is C15H20N4S. The quantitative estimate of drug-likeness (QED) is 0.930. The lowest BCUT2D eigenvalue weighted by molar-refractivity contribution is 0.949. The molecule has 0 amide bonds. The second-order valence-electron chi connectivity index (χ2n) is 5.19. The Kier molecular flexibility index (Phi) is 3.87. The van der Waals surface area contributed by atoms with E-state index in [1.165, 1.54) is 48.7 Å². The highest BCUT2D eigenvalue weighted by Gasteiger charge is 2.13. The van der Waals surface area contributed by atoms with Gasteiger partial charge in [-0.2, -0.15) is 4.37 Å². The van der Waals surface area contributed by atoms with E-state index in [0.717, 1.165) is 23.1 Å². The number of nitrogens with zero attached hydrogens (tertiary/aromatic N) is 3. The van der Waals surface area contributed by atoms with Crippen LogP contribution in [-0.4, -0.2) is 22.4 Å². The predicted molar refractivity (Wildman–Crippen MR) is 85.2 cm³/mol. The predicted octanol–water partition coefficient (Wildman–Crippen LogP) is 3.75. The molecule has 0 aliphatic carbocycles. The molecule has 1 aromatic carbocycles. The Balaban J connectivity index is 1.76. The summed E-state index contributed by atoms with van der Waals surface area (Å²) >= 11 is 1.42. The first-order valence-electron chi connectivity index (χ1n) is 7.21. The molecule has 2 aromatic rings. The number of hydrogen-bond donors (Lipinski definition) is 1. The maximum atomic E-state index is 4.45. The van der Waals surface area contributed by atoms with E-state index in [9.17, 15) is 0 Å². The maximum Gasteiger partial charge on any atom is 0.207 e. The second kappa shape index (κ2) is 5.79. The minimum absolute atomic E-state index is 0.874. The van der Waals surface area contributed by atoms with Crippen LogP contribution in [0.3, 0.4) is 0 Å². The van der Waals surface area contributed by atoms with Crippen LogP contribution in [0.1, 0.15) is 31.2 Å². The molecule has 5 heteroatoms. The van der Waals surface area contributed by atoms with Crippen molar-refractivity contribution in [2.24, 2.45) is 0 Å². The standard InChI is InChI=1S/C15H20N4S/c1-3-14-17-15(20-18-14)16-13-7-6-12(10-11(13)2)19-8-4-5-9-19/h6-7,10H,3-5,8-9H2,1-2H3,(H,16,17,18). The molecule has 3 rings (SSSR count). The average molecular weight is 288 g/mol. The first-order chi connectivity index (χ1) is 9.76. The van der Waals surface area contributed by atoms with E-state index in [1.54, 1.807) is 0 Å². The molecule has 0 bridgehead atoms. The largest absolute Gasteiger partial charge is 0.372 e. The molecule has 0 unspecified atom stereocenters. The molecule has 2 heterocycles. The molecule has 1 aliphatic heterocycles. The first kappa shape index (κ1) is 13.4. The van der Waals surface area contributed by atoms with Crippen molar-refractivity contribution in [2.75, 3.05) is 23.3 Å². The van der Waals surface area contributed by atoms with Gasteiger partial charge in [0.2, 0.25) is 5.13 Å². The van der Waals surface area contributed by atoms with E-state index >= 15 is 0 Å². The fourth-order valence-corrected chi connectivity index (χ4v) is 3.19. The van der Waals surface area contributed by atoms with Gasteiger partial charge in [0, 0.05) is 42.4 Å². The van der Waals surface area contributed by atoms with Gasteiger partial charge < -0.3 is 10.2 Å². The number of aromatic nitrogens is 2. The molecule has 0 radical (unpaired) electrons. The van der Waals surface area contributed by atoms with Crippen LogP contribution in [0.15, 0.2) is 18.2 Å². The molecule has 1 fully saturated rings. The molecule has 20 heavy (non-hydrogen) atoms. The molecule has 0 atom stereocenters. The van der Waals surface area contributed by atoms with Crippen LogP contribution >= 0.6 is 11.5 Å². The van der Waals surface area contributed by atoms with Gasteiger partial charge >= 0.3 is 0 Å².